The van der Waals surface area contributed by atoms with E-state index in [-0.39, 0.29) is 47.8 Å². The summed E-state index contributed by atoms with van der Waals surface area (Å²) in [6, 6.07) is 1.61. The number of ether oxygens (including phenoxy) is 1. The summed E-state index contributed by atoms with van der Waals surface area (Å²) in [6.07, 6.45) is 0. The highest BCUT2D eigenvalue weighted by Gasteiger charge is 2.69. The van der Waals surface area contributed by atoms with E-state index in [0.29, 0.717) is 17.0 Å². The van der Waals surface area contributed by atoms with Gasteiger partial charge in [0.1, 0.15) is 17.1 Å². The van der Waals surface area contributed by atoms with Crippen molar-refractivity contribution < 1.29 is 18.1 Å². The van der Waals surface area contributed by atoms with Crippen LogP contribution in [0.4, 0.5) is 14.7 Å². The van der Waals surface area contributed by atoms with Crippen LogP contribution in [0.3, 0.4) is 0 Å². The van der Waals surface area contributed by atoms with Crippen LogP contribution in [-0.4, -0.2) is 29.9 Å². The predicted octanol–water partition coefficient (Wildman–Crippen LogP) is 11.0. The molecule has 0 bridgehead atoms. The van der Waals surface area contributed by atoms with Crippen molar-refractivity contribution in [2.75, 3.05) is 11.8 Å². The van der Waals surface area contributed by atoms with Crippen molar-refractivity contribution in [3.63, 3.8) is 0 Å². The molecule has 0 spiro atoms. The topological polar surface area (TPSA) is 65.7 Å². The van der Waals surface area contributed by atoms with Crippen LogP contribution >= 0.6 is 18.3 Å². The van der Waals surface area contributed by atoms with Gasteiger partial charge in [-0.15, -0.1) is 0 Å². The first-order valence-electron chi connectivity index (χ1n) is 19.6. The quantitative estimate of drug-likeness (QED) is 0.0767. The standard InChI is InChI=1S/C41H67ClF2N9OP/c1-24(2)47-30(13)31(14)48(25(3)4)38(47)45-55(42,46-39-49(26(5)6)32(15)33(16)50(39)27(7)8)53(41(43,44)36-20-22-37(54-19)23-21-36)40-51(28(9)10)34(17)35(18)52(40)29(11)12/h20-29H,1-19H3/q+2. The van der Waals surface area contributed by atoms with Crippen LogP contribution in [0.5, 0.6) is 5.75 Å². The highest BCUT2D eigenvalue weighted by molar-refractivity contribution is 7.97. The molecule has 4 rings (SSSR count). The molecule has 3 aromatic heterocycles. The van der Waals surface area contributed by atoms with E-state index in [9.17, 15) is 0 Å². The molecule has 0 fully saturated rings. The lowest BCUT2D eigenvalue weighted by Gasteiger charge is -2.28. The first-order chi connectivity index (χ1) is 25.4. The molecule has 0 aliphatic carbocycles. The summed E-state index contributed by atoms with van der Waals surface area (Å²) in [7, 11) is -2.80. The fraction of sp³-hybridized carbons (Fsp3) is 0.634. The largest absolute Gasteiger partial charge is 0.508 e. The zero-order valence-corrected chi connectivity index (χ0v) is 38.4. The molecule has 14 heteroatoms. The summed E-state index contributed by atoms with van der Waals surface area (Å²) in [5.41, 5.74) is 6.43. The van der Waals surface area contributed by atoms with Gasteiger partial charge < -0.3 is 23.0 Å². The third-order valence-corrected chi connectivity index (χ3v) is 13.4. The zero-order chi connectivity index (χ0) is 41.8. The van der Waals surface area contributed by atoms with E-state index >= 15 is 8.78 Å². The lowest BCUT2D eigenvalue weighted by molar-refractivity contribution is -0.709. The van der Waals surface area contributed by atoms with Crippen molar-refractivity contribution in [2.45, 2.75) is 167 Å². The molecule has 0 saturated heterocycles. The van der Waals surface area contributed by atoms with E-state index in [4.69, 9.17) is 25.5 Å². The zero-order valence-electron chi connectivity index (χ0n) is 36.8. The van der Waals surface area contributed by atoms with Crippen LogP contribution in [0.25, 0.3) is 0 Å². The maximum absolute atomic E-state index is 18.5. The van der Waals surface area contributed by atoms with Gasteiger partial charge in [0.2, 0.25) is 0 Å². The predicted molar refractivity (Wildman–Crippen MR) is 223 cm³/mol. The van der Waals surface area contributed by atoms with Crippen LogP contribution in [0.2, 0.25) is 0 Å². The van der Waals surface area contributed by atoms with Gasteiger partial charge in [0.05, 0.1) is 24.8 Å². The van der Waals surface area contributed by atoms with Crippen LogP contribution in [0.15, 0.2) is 33.8 Å². The third kappa shape index (κ3) is 7.71. The average Bonchev–Trinajstić information content (AvgIpc) is 3.58. The Morgan fingerprint density at radius 2 is 0.964 bits per heavy atom. The molecule has 0 atom stereocenters. The normalized spacial score (nSPS) is 12.8. The van der Waals surface area contributed by atoms with E-state index in [1.54, 1.807) is 12.1 Å². The van der Waals surface area contributed by atoms with Gasteiger partial charge in [-0.05, 0) is 158 Å². The van der Waals surface area contributed by atoms with Crippen molar-refractivity contribution in [3.8, 4) is 5.75 Å². The first-order valence-corrected chi connectivity index (χ1v) is 22.2. The van der Waals surface area contributed by atoms with Gasteiger partial charge in [0.25, 0.3) is 11.2 Å². The number of nitrogens with zero attached hydrogens (tertiary/aromatic N) is 9. The van der Waals surface area contributed by atoms with Crippen LogP contribution in [0, 0.1) is 41.5 Å². The molecule has 10 nitrogen and oxygen atoms in total. The van der Waals surface area contributed by atoms with Gasteiger partial charge in [-0.3, -0.25) is 0 Å². The van der Waals surface area contributed by atoms with Gasteiger partial charge in [0.15, 0.2) is 11.2 Å². The minimum absolute atomic E-state index is 0.0488. The second-order valence-corrected chi connectivity index (χ2v) is 19.6. The molecule has 3 heterocycles. The number of rotatable bonds is 13. The summed E-state index contributed by atoms with van der Waals surface area (Å²) in [5.74, 6) is 0.718. The fourth-order valence-corrected chi connectivity index (χ4v) is 10.9. The molecule has 0 aliphatic rings. The second kappa shape index (κ2) is 16.2. The molecule has 55 heavy (non-hydrogen) atoms. The highest BCUT2D eigenvalue weighted by atomic mass is 35.7. The van der Waals surface area contributed by atoms with Crippen LogP contribution in [-0.2, 0) is 6.05 Å². The number of alkyl halides is 2. The van der Waals surface area contributed by atoms with Gasteiger partial charge in [0, 0.05) is 51.6 Å². The van der Waals surface area contributed by atoms with E-state index in [0.717, 1.165) is 38.8 Å². The Hall–Kier alpha value is -3.37. The number of methoxy groups -OCH3 is 1. The summed E-state index contributed by atoms with van der Waals surface area (Å²) in [4.78, 5) is 0. The summed E-state index contributed by atoms with van der Waals surface area (Å²) < 4.78 is 66.9. The number of anilines is 1. The van der Waals surface area contributed by atoms with Crippen molar-refractivity contribution in [3.05, 3.63) is 75.2 Å². The number of benzene rings is 1. The lowest BCUT2D eigenvalue weighted by atomic mass is 10.2. The Labute approximate surface area is 333 Å². The smallest absolute Gasteiger partial charge is 0.497 e. The van der Waals surface area contributed by atoms with Gasteiger partial charge in [-0.25, -0.2) is 9.13 Å². The Balaban J connectivity index is 2.50. The Bertz CT molecular complexity index is 1960. The number of halogens is 3. The number of hydrogen-bond donors (Lipinski definition) is 0. The van der Waals surface area contributed by atoms with E-state index in [2.05, 4.69) is 101 Å². The van der Waals surface area contributed by atoms with Gasteiger partial charge in [-0.2, -0.15) is 8.78 Å². The van der Waals surface area contributed by atoms with Gasteiger partial charge >= 0.3 is 19.1 Å². The molecular formula is C41H67ClF2N9OP+2. The van der Waals surface area contributed by atoms with E-state index in [1.165, 1.54) is 19.2 Å². The van der Waals surface area contributed by atoms with Crippen molar-refractivity contribution in [1.29, 1.82) is 0 Å². The maximum Gasteiger partial charge on any atom is 0.508 e. The Kier molecular flexibility index (Phi) is 13.1. The number of hydrogen-bond acceptors (Lipinski definition) is 4. The highest BCUT2D eigenvalue weighted by Crippen LogP contribution is 2.74. The minimum atomic E-state index is -4.32. The molecule has 0 saturated carbocycles. The molecule has 0 N–H and O–H groups in total. The van der Waals surface area contributed by atoms with Crippen molar-refractivity contribution in [1.82, 2.24) is 22.8 Å². The molecule has 0 radical (unpaired) electrons. The molecule has 4 aromatic rings. The number of aromatic nitrogens is 6. The molecule has 306 valence electrons. The second-order valence-electron chi connectivity index (χ2n) is 16.5. The SMILES string of the molecule is COc1ccc(C(F)(F)N(c2n(C(C)C)c(C)c(C)[n+]2C(C)C)[P+](Cl)(N=c2n(C(C)C)c(C)c(C)n2C(C)C)N=c2n(C(C)C)c(C)c(C)n2C(C)C)cc1. The summed E-state index contributed by atoms with van der Waals surface area (Å²) >= 11 is 8.27. The van der Waals surface area contributed by atoms with E-state index in [1.807, 2.05) is 50.7 Å². The summed E-state index contributed by atoms with van der Waals surface area (Å²) in [6.45, 7) is 36.9. The molecule has 0 amide bonds. The minimum Gasteiger partial charge on any atom is -0.497 e. The lowest BCUT2D eigenvalue weighted by Crippen LogP contribution is -2.50. The molecule has 1 aromatic carbocycles. The first kappa shape index (κ1) is 44.3. The maximum atomic E-state index is 18.5. The Morgan fingerprint density at radius 3 is 1.25 bits per heavy atom. The fourth-order valence-electron chi connectivity index (χ4n) is 8.05. The third-order valence-electron chi connectivity index (χ3n) is 10.7. The molecule has 0 unspecified atom stereocenters. The molecule has 0 aliphatic heterocycles. The van der Waals surface area contributed by atoms with Crippen molar-refractivity contribution >= 4 is 24.3 Å². The monoisotopic (exact) mass is 805 g/mol. The molecular weight excluding hydrogens is 739 g/mol. The van der Waals surface area contributed by atoms with Crippen LogP contribution in [0.1, 0.15) is 159 Å². The Morgan fingerprint density at radius 1 is 0.618 bits per heavy atom. The number of imidazole rings is 3. The average molecular weight is 806 g/mol. The van der Waals surface area contributed by atoms with Crippen LogP contribution < -0.4 is 25.2 Å². The van der Waals surface area contributed by atoms with E-state index < -0.39 is 13.1 Å². The van der Waals surface area contributed by atoms with Gasteiger partial charge in [-0.1, -0.05) is 0 Å². The van der Waals surface area contributed by atoms with Crippen molar-refractivity contribution in [2.24, 2.45) is 9.53 Å². The summed E-state index contributed by atoms with van der Waals surface area (Å²) in [5, 5.41) is 0.